The van der Waals surface area contributed by atoms with Crippen molar-refractivity contribution in [1.29, 1.82) is 0 Å². The molecule has 1 amide bonds. The van der Waals surface area contributed by atoms with Crippen LogP contribution in [0.2, 0.25) is 0 Å². The van der Waals surface area contributed by atoms with Gasteiger partial charge in [-0.05, 0) is 75.8 Å². The minimum Gasteiger partial charge on any atom is -0.477 e. The summed E-state index contributed by atoms with van der Waals surface area (Å²) < 4.78 is 37.3. The third-order valence-electron chi connectivity index (χ3n) is 8.33. The van der Waals surface area contributed by atoms with E-state index in [1.54, 1.807) is 33.8 Å². The first-order chi connectivity index (χ1) is 18.5. The van der Waals surface area contributed by atoms with E-state index in [0.717, 1.165) is 25.7 Å². The normalized spacial score (nSPS) is 23.0. The second-order valence-electron chi connectivity index (χ2n) is 12.1. The first-order valence-electron chi connectivity index (χ1n) is 13.6. The Morgan fingerprint density at radius 3 is 2.79 bits per heavy atom. The molecule has 1 atom stereocenters. The van der Waals surface area contributed by atoms with E-state index in [2.05, 4.69) is 40.6 Å². The maximum Gasteiger partial charge on any atom is 0.268 e. The molecule has 4 bridgehead atoms. The van der Waals surface area contributed by atoms with Crippen LogP contribution in [0.15, 0.2) is 41.7 Å². The average molecular weight is 554 g/mol. The Hall–Kier alpha value is -3.41. The number of nitrogens with zero attached hydrogens (tertiary/aromatic N) is 6. The summed E-state index contributed by atoms with van der Waals surface area (Å²) in [5, 5.41) is 8.74. The van der Waals surface area contributed by atoms with Crippen molar-refractivity contribution in [1.82, 2.24) is 29.3 Å². The first kappa shape index (κ1) is 25.8. The fourth-order valence-electron chi connectivity index (χ4n) is 5.66. The summed E-state index contributed by atoms with van der Waals surface area (Å²) in [4.78, 5) is 20.4. The molecule has 1 N–H and O–H groups in total. The second-order valence-corrected chi connectivity index (χ2v) is 13.7. The van der Waals surface area contributed by atoms with E-state index in [9.17, 15) is 13.2 Å². The number of hydrogen-bond donors (Lipinski definition) is 1. The molecule has 2 fully saturated rings. The van der Waals surface area contributed by atoms with Crippen molar-refractivity contribution >= 4 is 21.7 Å². The summed E-state index contributed by atoms with van der Waals surface area (Å²) >= 11 is 0. The van der Waals surface area contributed by atoms with Crippen molar-refractivity contribution in [3.63, 3.8) is 0 Å². The van der Waals surface area contributed by atoms with Gasteiger partial charge in [-0.2, -0.15) is 5.10 Å². The van der Waals surface area contributed by atoms with E-state index in [1.165, 1.54) is 25.2 Å². The third-order valence-corrected chi connectivity index (χ3v) is 9.61. The van der Waals surface area contributed by atoms with Crippen LogP contribution in [0.3, 0.4) is 0 Å². The van der Waals surface area contributed by atoms with Gasteiger partial charge in [-0.15, -0.1) is 5.10 Å². The molecule has 3 aromatic heterocycles. The molecule has 1 saturated heterocycles. The Bertz CT molecular complexity index is 1510. The highest BCUT2D eigenvalue weighted by atomic mass is 32.2. The molecular formula is C27H35N7O4S. The standard InChI is InChI=1S/C27H35N7O4S/c1-26(2)15-19-5-4-12-32-18-20(16-28-32)39(36,37)31-25(35)21-6-7-22(29-24(21)33(26)17-19)34-13-8-23(30-34)38-14-11-27(3)9-10-27/h6-8,13,16,18-19H,4-5,9-12,14-15,17H2,1-3H3,(H,31,35). The molecule has 3 aromatic rings. The van der Waals surface area contributed by atoms with Crippen LogP contribution >= 0.6 is 0 Å². The van der Waals surface area contributed by atoms with E-state index in [0.29, 0.717) is 48.5 Å². The molecule has 0 radical (unpaired) electrons. The number of carbonyl (C=O) groups excluding carboxylic acids is 1. The molecule has 3 aliphatic rings. The maximum absolute atomic E-state index is 13.4. The van der Waals surface area contributed by atoms with Gasteiger partial charge in [0, 0.05) is 37.1 Å². The Labute approximate surface area is 228 Å². The van der Waals surface area contributed by atoms with Crippen molar-refractivity contribution in [2.24, 2.45) is 11.3 Å². The molecule has 11 nitrogen and oxygen atoms in total. The highest BCUT2D eigenvalue weighted by molar-refractivity contribution is 7.90. The third kappa shape index (κ3) is 5.26. The van der Waals surface area contributed by atoms with Gasteiger partial charge in [-0.1, -0.05) is 6.92 Å². The van der Waals surface area contributed by atoms with E-state index in [4.69, 9.17) is 9.72 Å². The number of sulfonamides is 1. The Morgan fingerprint density at radius 2 is 2.00 bits per heavy atom. The predicted octanol–water partition coefficient (Wildman–Crippen LogP) is 3.55. The fourth-order valence-corrected chi connectivity index (χ4v) is 6.58. The van der Waals surface area contributed by atoms with Gasteiger partial charge in [-0.3, -0.25) is 9.48 Å². The van der Waals surface area contributed by atoms with Crippen molar-refractivity contribution in [3.8, 4) is 11.7 Å². The van der Waals surface area contributed by atoms with E-state index in [1.807, 2.05) is 0 Å². The number of hydrogen-bond acceptors (Lipinski definition) is 8. The molecule has 1 saturated carbocycles. The van der Waals surface area contributed by atoms with Crippen molar-refractivity contribution in [3.05, 3.63) is 42.4 Å². The van der Waals surface area contributed by atoms with Crippen LogP contribution in [-0.4, -0.2) is 57.6 Å². The van der Waals surface area contributed by atoms with Gasteiger partial charge in [0.1, 0.15) is 10.7 Å². The van der Waals surface area contributed by atoms with Crippen molar-refractivity contribution in [2.75, 3.05) is 18.1 Å². The minimum absolute atomic E-state index is 0.0394. The summed E-state index contributed by atoms with van der Waals surface area (Å²) in [5.74, 6) is 1.16. The number of fused-ring (bicyclic) bond motifs is 6. The highest BCUT2D eigenvalue weighted by Gasteiger charge is 2.41. The van der Waals surface area contributed by atoms with Gasteiger partial charge in [0.2, 0.25) is 5.88 Å². The lowest BCUT2D eigenvalue weighted by atomic mass is 9.93. The average Bonchev–Trinajstić information content (AvgIpc) is 3.24. The minimum atomic E-state index is -4.10. The number of carbonyl (C=O) groups is 1. The molecular weight excluding hydrogens is 518 g/mol. The van der Waals surface area contributed by atoms with Crippen LogP contribution in [0.1, 0.15) is 69.7 Å². The van der Waals surface area contributed by atoms with Crippen molar-refractivity contribution in [2.45, 2.75) is 76.3 Å². The predicted molar refractivity (Wildman–Crippen MR) is 144 cm³/mol. The topological polar surface area (TPSA) is 124 Å². The lowest BCUT2D eigenvalue weighted by Gasteiger charge is -2.34. The summed E-state index contributed by atoms with van der Waals surface area (Å²) in [6.07, 6.45) is 10.8. The maximum atomic E-state index is 13.4. The smallest absolute Gasteiger partial charge is 0.268 e. The summed E-state index contributed by atoms with van der Waals surface area (Å²) in [6.45, 7) is 8.49. The van der Waals surface area contributed by atoms with Crippen LogP contribution in [-0.2, 0) is 16.6 Å². The highest BCUT2D eigenvalue weighted by Crippen LogP contribution is 2.48. The van der Waals surface area contributed by atoms with Gasteiger partial charge < -0.3 is 9.64 Å². The summed E-state index contributed by atoms with van der Waals surface area (Å²) in [5.41, 5.74) is 0.323. The molecule has 39 heavy (non-hydrogen) atoms. The molecule has 208 valence electrons. The van der Waals surface area contributed by atoms with Crippen LogP contribution in [0.5, 0.6) is 5.88 Å². The molecule has 0 aromatic carbocycles. The number of nitrogens with one attached hydrogen (secondary N) is 1. The SMILES string of the molecule is CC1(CCOc2ccn(-c3ccc4c(n3)N3CC(CCCn5cc(cn5)S(=O)(=O)NC4=O)CC3(C)C)n2)CC1. The molecule has 1 unspecified atom stereocenters. The lowest BCUT2D eigenvalue weighted by molar-refractivity contribution is 0.0981. The second kappa shape index (κ2) is 9.35. The van der Waals surface area contributed by atoms with E-state index >= 15 is 0 Å². The number of amides is 1. The number of aromatic nitrogens is 5. The number of pyridine rings is 1. The quantitative estimate of drug-likeness (QED) is 0.509. The fraction of sp³-hybridized carbons (Fsp3) is 0.556. The molecule has 0 spiro atoms. The van der Waals surface area contributed by atoms with Crippen LogP contribution in [0.25, 0.3) is 5.82 Å². The Kier molecular flexibility index (Phi) is 6.20. The van der Waals surface area contributed by atoms with Gasteiger partial charge in [0.05, 0.1) is 18.4 Å². The van der Waals surface area contributed by atoms with Gasteiger partial charge in [0.15, 0.2) is 5.82 Å². The monoisotopic (exact) mass is 553 g/mol. The molecule has 5 heterocycles. The van der Waals surface area contributed by atoms with Crippen LogP contribution in [0, 0.1) is 11.3 Å². The number of aryl methyl sites for hydroxylation is 1. The van der Waals surface area contributed by atoms with Gasteiger partial charge >= 0.3 is 0 Å². The number of ether oxygens (including phenoxy) is 1. The molecule has 12 heteroatoms. The number of anilines is 1. The van der Waals surface area contributed by atoms with Gasteiger partial charge in [-0.25, -0.2) is 22.8 Å². The Balaban J connectivity index is 1.34. The largest absolute Gasteiger partial charge is 0.477 e. The first-order valence-corrected chi connectivity index (χ1v) is 15.1. The van der Waals surface area contributed by atoms with Crippen LogP contribution in [0.4, 0.5) is 5.82 Å². The Morgan fingerprint density at radius 1 is 1.18 bits per heavy atom. The lowest BCUT2D eigenvalue weighted by Crippen LogP contribution is -2.41. The van der Waals surface area contributed by atoms with E-state index < -0.39 is 15.9 Å². The summed E-state index contributed by atoms with van der Waals surface area (Å²) in [7, 11) is -4.10. The zero-order valence-corrected chi connectivity index (χ0v) is 23.4. The number of rotatable bonds is 5. The zero-order valence-electron chi connectivity index (χ0n) is 22.6. The van der Waals surface area contributed by atoms with Crippen molar-refractivity contribution < 1.29 is 17.9 Å². The summed E-state index contributed by atoms with van der Waals surface area (Å²) in [6, 6.07) is 5.10. The van der Waals surface area contributed by atoms with Crippen LogP contribution < -0.4 is 14.4 Å². The molecule has 1 aliphatic carbocycles. The molecule has 2 aliphatic heterocycles. The molecule has 6 rings (SSSR count). The van der Waals surface area contributed by atoms with E-state index in [-0.39, 0.29) is 16.0 Å². The zero-order chi connectivity index (χ0) is 27.4. The van der Waals surface area contributed by atoms with Gasteiger partial charge in [0.25, 0.3) is 15.9 Å².